The van der Waals surface area contributed by atoms with Crippen molar-refractivity contribution >= 4 is 5.97 Å². The van der Waals surface area contributed by atoms with E-state index < -0.39 is 5.97 Å². The average molecular weight is 349 g/mol. The van der Waals surface area contributed by atoms with E-state index in [1.165, 1.54) is 18.5 Å². The Morgan fingerprint density at radius 1 is 1.44 bits per heavy atom. The number of nitrogens with one attached hydrogen (secondary N) is 1. The normalized spacial score (nSPS) is 32.7. The number of rotatable bonds is 7. The quantitative estimate of drug-likeness (QED) is 0.782. The van der Waals surface area contributed by atoms with Crippen molar-refractivity contribution in [3.63, 3.8) is 0 Å². The molecule has 138 valence electrons. The van der Waals surface area contributed by atoms with E-state index in [0.717, 1.165) is 44.5 Å². The Hall–Kier alpha value is -1.44. The van der Waals surface area contributed by atoms with Gasteiger partial charge in [0.25, 0.3) is 0 Å². The highest BCUT2D eigenvalue weighted by atomic mass is 16.5. The summed E-state index contributed by atoms with van der Waals surface area (Å²) in [5.41, 5.74) is 2.23. The number of hydrogen-bond donors (Lipinski definition) is 2. The maximum Gasteiger partial charge on any atom is 0.329 e. The Morgan fingerprint density at radius 3 is 3.00 bits per heavy atom. The van der Waals surface area contributed by atoms with E-state index in [1.54, 1.807) is 7.11 Å². The first-order valence-electron chi connectivity index (χ1n) is 9.26. The number of H-pyrrole nitrogens is 1. The fourth-order valence-electron chi connectivity index (χ4n) is 4.55. The predicted octanol–water partition coefficient (Wildman–Crippen LogP) is 1.90. The van der Waals surface area contributed by atoms with Gasteiger partial charge in [0.2, 0.25) is 0 Å². The van der Waals surface area contributed by atoms with Gasteiger partial charge in [-0.05, 0) is 44.6 Å². The zero-order chi connectivity index (χ0) is 17.4. The Labute approximate surface area is 147 Å². The number of carboxylic acids is 1. The minimum absolute atomic E-state index is 0.00577. The lowest BCUT2D eigenvalue weighted by Gasteiger charge is -2.43. The van der Waals surface area contributed by atoms with Crippen molar-refractivity contribution in [1.29, 1.82) is 0 Å². The summed E-state index contributed by atoms with van der Waals surface area (Å²) >= 11 is 0. The van der Waals surface area contributed by atoms with Gasteiger partial charge in [0, 0.05) is 37.9 Å². The van der Waals surface area contributed by atoms with Crippen molar-refractivity contribution in [2.75, 3.05) is 20.3 Å². The van der Waals surface area contributed by atoms with Crippen LogP contribution in [-0.4, -0.2) is 64.2 Å². The van der Waals surface area contributed by atoms with Crippen LogP contribution in [0.25, 0.3) is 0 Å². The van der Waals surface area contributed by atoms with Gasteiger partial charge in [-0.15, -0.1) is 0 Å². The average Bonchev–Trinajstić information content (AvgIpc) is 3.26. The van der Waals surface area contributed by atoms with Crippen LogP contribution in [0.2, 0.25) is 0 Å². The molecule has 0 bridgehead atoms. The molecular formula is C18H27N3O4. The minimum Gasteiger partial charge on any atom is -0.480 e. The topological polar surface area (TPSA) is 87.7 Å². The number of carboxylic acid groups (broad SMARTS) is 1. The Morgan fingerprint density at radius 2 is 2.28 bits per heavy atom. The molecule has 25 heavy (non-hydrogen) atoms. The molecule has 0 radical (unpaired) electrons. The van der Waals surface area contributed by atoms with Crippen molar-refractivity contribution in [2.24, 2.45) is 0 Å². The van der Waals surface area contributed by atoms with Crippen LogP contribution in [0.1, 0.15) is 55.8 Å². The second-order valence-electron chi connectivity index (χ2n) is 7.70. The van der Waals surface area contributed by atoms with Crippen molar-refractivity contribution in [2.45, 2.75) is 68.7 Å². The molecule has 0 amide bonds. The number of aromatic nitrogens is 2. The first-order chi connectivity index (χ1) is 12.1. The van der Waals surface area contributed by atoms with Crippen molar-refractivity contribution in [3.05, 3.63) is 17.5 Å². The van der Waals surface area contributed by atoms with E-state index in [2.05, 4.69) is 21.2 Å². The van der Waals surface area contributed by atoms with Gasteiger partial charge in [0.15, 0.2) is 0 Å². The lowest BCUT2D eigenvalue weighted by molar-refractivity contribution is -0.148. The molecule has 2 N–H and O–H groups in total. The number of likely N-dealkylation sites (tertiary alicyclic amines) is 1. The Kier molecular flexibility index (Phi) is 4.56. The molecule has 7 nitrogen and oxygen atoms in total. The molecule has 2 heterocycles. The molecule has 1 saturated heterocycles. The number of fused-ring (bicyclic) bond motifs is 1. The fourth-order valence-corrected chi connectivity index (χ4v) is 4.55. The highest BCUT2D eigenvalue weighted by Crippen LogP contribution is 2.44. The molecule has 3 atom stereocenters. The molecule has 1 aromatic heterocycles. The van der Waals surface area contributed by atoms with Gasteiger partial charge in [-0.3, -0.25) is 10.00 Å². The highest BCUT2D eigenvalue weighted by molar-refractivity contribution is 5.68. The fraction of sp³-hybridized carbons (Fsp3) is 0.778. The third-order valence-electron chi connectivity index (χ3n) is 6.11. The van der Waals surface area contributed by atoms with Gasteiger partial charge >= 0.3 is 5.97 Å². The van der Waals surface area contributed by atoms with Crippen LogP contribution in [-0.2, 0) is 20.8 Å². The predicted molar refractivity (Wildman–Crippen MR) is 90.3 cm³/mol. The molecule has 0 aromatic carbocycles. The molecular weight excluding hydrogens is 322 g/mol. The number of aromatic amines is 1. The van der Waals surface area contributed by atoms with Crippen LogP contribution in [0.5, 0.6) is 0 Å². The number of hydrogen-bond acceptors (Lipinski definition) is 5. The van der Waals surface area contributed by atoms with Crippen molar-refractivity contribution < 1.29 is 19.4 Å². The van der Waals surface area contributed by atoms with Crippen LogP contribution in [0.3, 0.4) is 0 Å². The molecule has 3 fully saturated rings. The Bertz CT molecular complexity index is 630. The third-order valence-corrected chi connectivity index (χ3v) is 6.11. The number of carbonyl (C=O) groups is 1. The smallest absolute Gasteiger partial charge is 0.329 e. The standard InChI is InChI=1S/C18H27N3O4/c1-24-18-5-4-14(25-11-17(22)23)9-16(18)21(7-6-18)10-13-8-15(20-19-13)12-2-3-12/h8,12,14,16H,2-7,9-11H2,1H3,(H,19,20)(H,22,23)/t14-,16+,18-/m1/s1. The summed E-state index contributed by atoms with van der Waals surface area (Å²) in [6, 6.07) is 2.46. The number of ether oxygens (including phenoxy) is 2. The summed E-state index contributed by atoms with van der Waals surface area (Å²) in [4.78, 5) is 13.2. The molecule has 1 aliphatic heterocycles. The first kappa shape index (κ1) is 17.0. The van der Waals surface area contributed by atoms with Gasteiger partial charge in [-0.1, -0.05) is 0 Å². The molecule has 7 heteroatoms. The van der Waals surface area contributed by atoms with Crippen LogP contribution in [0.15, 0.2) is 6.07 Å². The minimum atomic E-state index is -0.906. The summed E-state index contributed by atoms with van der Waals surface area (Å²) in [6.07, 6.45) is 6.13. The molecule has 0 spiro atoms. The zero-order valence-electron chi connectivity index (χ0n) is 14.7. The second kappa shape index (κ2) is 6.70. The molecule has 0 unspecified atom stereocenters. The summed E-state index contributed by atoms with van der Waals surface area (Å²) in [6.45, 7) is 1.60. The molecule has 2 aliphatic carbocycles. The first-order valence-corrected chi connectivity index (χ1v) is 9.26. The summed E-state index contributed by atoms with van der Waals surface area (Å²) < 4.78 is 11.5. The van der Waals surface area contributed by atoms with Crippen molar-refractivity contribution in [3.8, 4) is 0 Å². The number of aliphatic carboxylic acids is 1. The van der Waals surface area contributed by atoms with Crippen LogP contribution in [0.4, 0.5) is 0 Å². The maximum absolute atomic E-state index is 10.8. The zero-order valence-corrected chi connectivity index (χ0v) is 14.7. The van der Waals surface area contributed by atoms with Crippen molar-refractivity contribution in [1.82, 2.24) is 15.1 Å². The highest BCUT2D eigenvalue weighted by Gasteiger charge is 2.51. The summed E-state index contributed by atoms with van der Waals surface area (Å²) in [5.74, 6) is -0.248. The van der Waals surface area contributed by atoms with E-state index in [0.29, 0.717) is 5.92 Å². The van der Waals surface area contributed by atoms with E-state index in [4.69, 9.17) is 14.6 Å². The molecule has 4 rings (SSSR count). The summed E-state index contributed by atoms with van der Waals surface area (Å²) in [7, 11) is 1.80. The molecule has 1 aromatic rings. The number of nitrogens with zero attached hydrogens (tertiary/aromatic N) is 2. The van der Waals surface area contributed by atoms with Crippen LogP contribution < -0.4 is 0 Å². The largest absolute Gasteiger partial charge is 0.480 e. The van der Waals surface area contributed by atoms with Gasteiger partial charge < -0.3 is 14.6 Å². The van der Waals surface area contributed by atoms with E-state index in [9.17, 15) is 4.79 Å². The van der Waals surface area contributed by atoms with E-state index in [1.807, 2.05) is 0 Å². The van der Waals surface area contributed by atoms with E-state index in [-0.39, 0.29) is 24.4 Å². The van der Waals surface area contributed by atoms with E-state index >= 15 is 0 Å². The van der Waals surface area contributed by atoms with Gasteiger partial charge in [-0.2, -0.15) is 5.10 Å². The maximum atomic E-state index is 10.8. The number of methoxy groups -OCH3 is 1. The summed E-state index contributed by atoms with van der Waals surface area (Å²) in [5, 5.41) is 16.5. The lowest BCUT2D eigenvalue weighted by atomic mass is 9.79. The SMILES string of the molecule is CO[C@@]12CC[C@@H](OCC(=O)O)C[C@@H]1N(Cc1cc(C3CC3)n[nH]1)CC2. The second-order valence-corrected chi connectivity index (χ2v) is 7.70. The van der Waals surface area contributed by atoms with Gasteiger partial charge in [0.1, 0.15) is 6.61 Å². The Balaban J connectivity index is 1.43. The molecule has 2 saturated carbocycles. The van der Waals surface area contributed by atoms with Crippen LogP contribution >= 0.6 is 0 Å². The lowest BCUT2D eigenvalue weighted by Crippen LogP contribution is -2.51. The third kappa shape index (κ3) is 3.45. The van der Waals surface area contributed by atoms with Gasteiger partial charge in [-0.25, -0.2) is 4.79 Å². The monoisotopic (exact) mass is 349 g/mol. The van der Waals surface area contributed by atoms with Crippen LogP contribution in [0, 0.1) is 0 Å². The molecule has 3 aliphatic rings. The van der Waals surface area contributed by atoms with Gasteiger partial charge in [0.05, 0.1) is 17.4 Å².